The molecule has 1 unspecified atom stereocenters. The molecule has 0 aromatic rings. The highest BCUT2D eigenvalue weighted by Crippen LogP contribution is 2.60. The van der Waals surface area contributed by atoms with E-state index in [9.17, 15) is 9.59 Å². The van der Waals surface area contributed by atoms with E-state index in [1.54, 1.807) is 0 Å². The molecule has 5 fully saturated rings. The van der Waals surface area contributed by atoms with E-state index in [0.717, 1.165) is 56.7 Å². The highest BCUT2D eigenvalue weighted by molar-refractivity contribution is 5.88. The molecule has 1 aliphatic heterocycles. The zero-order valence-corrected chi connectivity index (χ0v) is 17.7. The minimum Gasteiger partial charge on any atom is -0.353 e. The number of unbranched alkanes of at least 4 members (excludes halogenated alkanes) is 1. The third kappa shape index (κ3) is 4.39. The van der Waals surface area contributed by atoms with E-state index in [4.69, 9.17) is 0 Å². The van der Waals surface area contributed by atoms with E-state index in [1.807, 2.05) is 0 Å². The Balaban J connectivity index is 1.22. The molecule has 5 heteroatoms. The maximum absolute atomic E-state index is 13.0. The van der Waals surface area contributed by atoms with Gasteiger partial charge >= 0.3 is 0 Å². The van der Waals surface area contributed by atoms with Crippen LogP contribution in [0.25, 0.3) is 0 Å². The lowest BCUT2D eigenvalue weighted by Crippen LogP contribution is -2.55. The summed E-state index contributed by atoms with van der Waals surface area (Å²) in [7, 11) is 0. The second-order valence-electron chi connectivity index (χ2n) is 10.2. The number of piperidine rings is 1. The molecule has 5 rings (SSSR count). The van der Waals surface area contributed by atoms with E-state index < -0.39 is 0 Å². The SMILES string of the molecule is CCCCN1CCCCC1CNC(=O)CNC(=O)C12CC3CC(CC(C3)C1)C2. The molecular weight excluding hydrogens is 350 g/mol. The van der Waals surface area contributed by atoms with Gasteiger partial charge < -0.3 is 10.6 Å². The molecule has 4 aliphatic carbocycles. The number of amides is 2. The summed E-state index contributed by atoms with van der Waals surface area (Å²) in [5.41, 5.74) is -0.157. The number of rotatable bonds is 8. The van der Waals surface area contributed by atoms with Crippen molar-refractivity contribution >= 4 is 11.8 Å². The summed E-state index contributed by atoms with van der Waals surface area (Å²) in [5.74, 6) is 2.40. The molecule has 5 aliphatic rings. The van der Waals surface area contributed by atoms with Crippen LogP contribution >= 0.6 is 0 Å². The Morgan fingerprint density at radius 1 is 1.00 bits per heavy atom. The first-order chi connectivity index (χ1) is 13.6. The number of carbonyl (C=O) groups is 2. The van der Waals surface area contributed by atoms with Crippen molar-refractivity contribution in [1.82, 2.24) is 15.5 Å². The second-order valence-corrected chi connectivity index (χ2v) is 10.2. The average Bonchev–Trinajstić information content (AvgIpc) is 2.68. The number of likely N-dealkylation sites (tertiary alicyclic amines) is 1. The lowest BCUT2D eigenvalue weighted by molar-refractivity contribution is -0.147. The standard InChI is InChI=1S/C23H39N3O2/c1-2-3-7-26-8-5-4-6-20(26)15-24-21(27)16-25-22(28)23-12-17-9-18(13-23)11-19(10-17)14-23/h17-20H,2-16H2,1H3,(H,24,27)(H,25,28). The Morgan fingerprint density at radius 2 is 1.68 bits per heavy atom. The van der Waals surface area contributed by atoms with Gasteiger partial charge in [-0.1, -0.05) is 19.8 Å². The van der Waals surface area contributed by atoms with Crippen LogP contribution in [0.15, 0.2) is 0 Å². The second kappa shape index (κ2) is 8.73. The summed E-state index contributed by atoms with van der Waals surface area (Å²) in [6.45, 7) is 5.38. The van der Waals surface area contributed by atoms with Crippen LogP contribution in [0.5, 0.6) is 0 Å². The first-order valence-corrected chi connectivity index (χ1v) is 11.9. The van der Waals surface area contributed by atoms with Gasteiger partial charge in [0, 0.05) is 18.0 Å². The summed E-state index contributed by atoms with van der Waals surface area (Å²) >= 11 is 0. The van der Waals surface area contributed by atoms with Crippen LogP contribution in [0, 0.1) is 23.2 Å². The van der Waals surface area contributed by atoms with Crippen LogP contribution in [0.2, 0.25) is 0 Å². The van der Waals surface area contributed by atoms with Gasteiger partial charge in [-0.15, -0.1) is 0 Å². The summed E-state index contributed by atoms with van der Waals surface area (Å²) in [4.78, 5) is 27.9. The first-order valence-electron chi connectivity index (χ1n) is 11.9. The van der Waals surface area contributed by atoms with Crippen LogP contribution < -0.4 is 10.6 Å². The zero-order chi connectivity index (χ0) is 19.6. The predicted molar refractivity (Wildman–Crippen MR) is 111 cm³/mol. The topological polar surface area (TPSA) is 61.4 Å². The number of carbonyl (C=O) groups excluding carboxylic acids is 2. The van der Waals surface area contributed by atoms with Crippen LogP contribution in [-0.4, -0.2) is 48.9 Å². The number of hydrogen-bond donors (Lipinski definition) is 2. The van der Waals surface area contributed by atoms with E-state index in [2.05, 4.69) is 22.5 Å². The van der Waals surface area contributed by atoms with Crippen molar-refractivity contribution in [2.75, 3.05) is 26.2 Å². The predicted octanol–water partition coefficient (Wildman–Crippen LogP) is 3.09. The molecule has 28 heavy (non-hydrogen) atoms. The molecule has 5 nitrogen and oxygen atoms in total. The lowest BCUT2D eigenvalue weighted by atomic mass is 9.49. The van der Waals surface area contributed by atoms with E-state index in [-0.39, 0.29) is 23.8 Å². The molecule has 0 spiro atoms. The molecule has 1 heterocycles. The van der Waals surface area contributed by atoms with Crippen LogP contribution in [0.4, 0.5) is 0 Å². The van der Waals surface area contributed by atoms with Crippen molar-refractivity contribution in [3.63, 3.8) is 0 Å². The fraction of sp³-hybridized carbons (Fsp3) is 0.913. The molecule has 2 N–H and O–H groups in total. The Bertz CT molecular complexity index is 541. The third-order valence-corrected chi connectivity index (χ3v) is 8.01. The van der Waals surface area contributed by atoms with Gasteiger partial charge in [0.05, 0.1) is 6.54 Å². The highest BCUT2D eigenvalue weighted by atomic mass is 16.2. The van der Waals surface area contributed by atoms with Crippen LogP contribution in [0.1, 0.15) is 77.6 Å². The number of hydrogen-bond acceptors (Lipinski definition) is 3. The van der Waals surface area contributed by atoms with Gasteiger partial charge in [-0.2, -0.15) is 0 Å². The molecule has 0 aromatic carbocycles. The van der Waals surface area contributed by atoms with Gasteiger partial charge in [0.2, 0.25) is 11.8 Å². The summed E-state index contributed by atoms with van der Waals surface area (Å²) in [5, 5.41) is 6.10. The van der Waals surface area contributed by atoms with E-state index in [1.165, 1.54) is 51.4 Å². The Hall–Kier alpha value is -1.10. The average molecular weight is 390 g/mol. The summed E-state index contributed by atoms with van der Waals surface area (Å²) in [6.07, 6.45) is 13.3. The smallest absolute Gasteiger partial charge is 0.239 e. The van der Waals surface area contributed by atoms with Crippen LogP contribution in [0.3, 0.4) is 0 Å². The van der Waals surface area contributed by atoms with Crippen LogP contribution in [-0.2, 0) is 9.59 Å². The molecule has 0 radical (unpaired) electrons. The maximum Gasteiger partial charge on any atom is 0.239 e. The molecule has 1 atom stereocenters. The minimum absolute atomic E-state index is 0.0286. The van der Waals surface area contributed by atoms with Gasteiger partial charge in [0.15, 0.2) is 0 Å². The molecule has 2 amide bonds. The van der Waals surface area contributed by atoms with Crippen molar-refractivity contribution in [2.45, 2.75) is 83.6 Å². The number of nitrogens with one attached hydrogen (secondary N) is 2. The maximum atomic E-state index is 13.0. The lowest BCUT2D eigenvalue weighted by Gasteiger charge is -2.55. The van der Waals surface area contributed by atoms with Crippen molar-refractivity contribution in [1.29, 1.82) is 0 Å². The third-order valence-electron chi connectivity index (χ3n) is 8.01. The van der Waals surface area contributed by atoms with Gasteiger partial charge in [-0.3, -0.25) is 14.5 Å². The molecule has 4 saturated carbocycles. The van der Waals surface area contributed by atoms with Crippen molar-refractivity contribution in [3.05, 3.63) is 0 Å². The van der Waals surface area contributed by atoms with Crippen molar-refractivity contribution < 1.29 is 9.59 Å². The van der Waals surface area contributed by atoms with Gasteiger partial charge in [0.1, 0.15) is 0 Å². The minimum atomic E-state index is -0.157. The summed E-state index contributed by atoms with van der Waals surface area (Å²) < 4.78 is 0. The van der Waals surface area contributed by atoms with Gasteiger partial charge in [-0.05, 0) is 88.6 Å². The van der Waals surface area contributed by atoms with Crippen molar-refractivity contribution in [2.24, 2.45) is 23.2 Å². The van der Waals surface area contributed by atoms with E-state index >= 15 is 0 Å². The molecule has 158 valence electrons. The fourth-order valence-corrected chi connectivity index (χ4v) is 6.98. The van der Waals surface area contributed by atoms with E-state index in [0.29, 0.717) is 6.04 Å². The Kier molecular flexibility index (Phi) is 6.29. The molecule has 0 aromatic heterocycles. The zero-order valence-electron chi connectivity index (χ0n) is 17.7. The molecule has 4 bridgehead atoms. The Labute approximate surface area is 170 Å². The first kappa shape index (κ1) is 20.2. The summed E-state index contributed by atoms with van der Waals surface area (Å²) in [6, 6.07) is 0.461. The Morgan fingerprint density at radius 3 is 2.32 bits per heavy atom. The quantitative estimate of drug-likeness (QED) is 0.671. The van der Waals surface area contributed by atoms with Crippen molar-refractivity contribution in [3.8, 4) is 0 Å². The largest absolute Gasteiger partial charge is 0.353 e. The van der Waals surface area contributed by atoms with Gasteiger partial charge in [0.25, 0.3) is 0 Å². The molecular formula is C23H39N3O2. The highest BCUT2D eigenvalue weighted by Gasteiger charge is 2.54. The monoisotopic (exact) mass is 389 g/mol. The van der Waals surface area contributed by atoms with Gasteiger partial charge in [-0.25, -0.2) is 0 Å². The molecule has 1 saturated heterocycles. The normalized spacial score (nSPS) is 37.0. The number of nitrogens with zero attached hydrogens (tertiary/aromatic N) is 1. The fourth-order valence-electron chi connectivity index (χ4n) is 6.98.